The molecule has 7 nitrogen and oxygen atoms in total. The van der Waals surface area contributed by atoms with E-state index in [4.69, 9.17) is 4.74 Å². The van der Waals surface area contributed by atoms with E-state index < -0.39 is 0 Å². The topological polar surface area (TPSA) is 79.4 Å². The largest absolute Gasteiger partial charge is 0.445 e. The Hall–Kier alpha value is -2.83. The predicted octanol–water partition coefficient (Wildman–Crippen LogP) is 3.44. The standard InChI is InChI=1S/C21H29N5O2/c1-26(2)19-12-13-22-20(25-19)24-18-11-7-6-10-17(18)14-23-21(27)28-15-16-8-4-3-5-9-16/h3-5,8-9,12-13,17-18H,6-7,10-11,14-15H2,1-2H3,(H,23,27)(H,22,24,25). The van der Waals surface area contributed by atoms with Crippen molar-refractivity contribution in [2.24, 2.45) is 5.92 Å². The molecule has 1 fully saturated rings. The van der Waals surface area contributed by atoms with E-state index in [1.165, 1.54) is 12.8 Å². The van der Waals surface area contributed by atoms with Gasteiger partial charge in [-0.25, -0.2) is 9.78 Å². The number of anilines is 2. The minimum atomic E-state index is -0.376. The Balaban J connectivity index is 1.50. The highest BCUT2D eigenvalue weighted by Gasteiger charge is 2.26. The second kappa shape index (κ2) is 9.92. The second-order valence-electron chi connectivity index (χ2n) is 7.37. The lowest BCUT2D eigenvalue weighted by Crippen LogP contribution is -2.40. The van der Waals surface area contributed by atoms with Crippen LogP contribution in [0.15, 0.2) is 42.6 Å². The summed E-state index contributed by atoms with van der Waals surface area (Å²) in [5.74, 6) is 1.83. The van der Waals surface area contributed by atoms with Crippen LogP contribution in [0.4, 0.5) is 16.6 Å². The molecular weight excluding hydrogens is 354 g/mol. The molecular formula is C21H29N5O2. The van der Waals surface area contributed by atoms with Crippen molar-refractivity contribution in [3.8, 4) is 0 Å². The number of nitrogens with zero attached hydrogens (tertiary/aromatic N) is 3. The van der Waals surface area contributed by atoms with Crippen molar-refractivity contribution < 1.29 is 9.53 Å². The van der Waals surface area contributed by atoms with E-state index in [0.717, 1.165) is 24.2 Å². The highest BCUT2D eigenvalue weighted by molar-refractivity contribution is 5.67. The number of rotatable bonds is 7. The molecule has 1 heterocycles. The third kappa shape index (κ3) is 5.84. The average Bonchev–Trinajstić information content (AvgIpc) is 2.72. The molecule has 2 unspecified atom stereocenters. The molecule has 7 heteroatoms. The first-order valence-electron chi connectivity index (χ1n) is 9.83. The van der Waals surface area contributed by atoms with Crippen molar-refractivity contribution in [2.75, 3.05) is 30.9 Å². The van der Waals surface area contributed by atoms with Gasteiger partial charge < -0.3 is 20.3 Å². The zero-order valence-corrected chi connectivity index (χ0v) is 16.6. The smallest absolute Gasteiger partial charge is 0.407 e. The predicted molar refractivity (Wildman–Crippen MR) is 110 cm³/mol. The molecule has 0 bridgehead atoms. The van der Waals surface area contributed by atoms with Crippen LogP contribution in [0, 0.1) is 5.92 Å². The summed E-state index contributed by atoms with van der Waals surface area (Å²) in [6.07, 6.45) is 5.83. The van der Waals surface area contributed by atoms with E-state index in [0.29, 0.717) is 18.4 Å². The number of hydrogen-bond donors (Lipinski definition) is 2. The van der Waals surface area contributed by atoms with E-state index in [2.05, 4.69) is 20.6 Å². The number of benzene rings is 1. The van der Waals surface area contributed by atoms with Crippen LogP contribution in [-0.4, -0.2) is 42.7 Å². The van der Waals surface area contributed by atoms with Gasteiger partial charge in [0.2, 0.25) is 5.95 Å². The summed E-state index contributed by atoms with van der Waals surface area (Å²) in [5.41, 5.74) is 0.979. The van der Waals surface area contributed by atoms with Crippen molar-refractivity contribution in [1.82, 2.24) is 15.3 Å². The van der Waals surface area contributed by atoms with Crippen LogP contribution in [0.1, 0.15) is 31.2 Å². The molecule has 1 aromatic heterocycles. The number of hydrogen-bond acceptors (Lipinski definition) is 6. The zero-order chi connectivity index (χ0) is 19.8. The highest BCUT2D eigenvalue weighted by Crippen LogP contribution is 2.26. The van der Waals surface area contributed by atoms with Crippen molar-refractivity contribution in [3.63, 3.8) is 0 Å². The SMILES string of the molecule is CN(C)c1ccnc(NC2CCCCC2CNC(=O)OCc2ccccc2)n1. The molecule has 0 spiro atoms. The fourth-order valence-corrected chi connectivity index (χ4v) is 3.46. The van der Waals surface area contributed by atoms with Crippen LogP contribution in [0.25, 0.3) is 0 Å². The van der Waals surface area contributed by atoms with E-state index in [1.807, 2.05) is 55.4 Å². The third-order valence-electron chi connectivity index (χ3n) is 5.04. The first-order valence-corrected chi connectivity index (χ1v) is 9.83. The minimum absolute atomic E-state index is 0.237. The van der Waals surface area contributed by atoms with Crippen molar-refractivity contribution in [2.45, 2.75) is 38.3 Å². The maximum atomic E-state index is 12.1. The zero-order valence-electron chi connectivity index (χ0n) is 16.6. The molecule has 28 heavy (non-hydrogen) atoms. The summed E-state index contributed by atoms with van der Waals surface area (Å²) in [7, 11) is 3.92. The molecule has 1 aliphatic rings. The van der Waals surface area contributed by atoms with E-state index in [1.54, 1.807) is 6.20 Å². The van der Waals surface area contributed by atoms with Crippen LogP contribution in [0.3, 0.4) is 0 Å². The number of alkyl carbamates (subject to hydrolysis) is 1. The Morgan fingerprint density at radius 1 is 1.18 bits per heavy atom. The second-order valence-corrected chi connectivity index (χ2v) is 7.37. The van der Waals surface area contributed by atoms with Crippen molar-refractivity contribution in [1.29, 1.82) is 0 Å². The van der Waals surface area contributed by atoms with E-state index in [9.17, 15) is 4.79 Å². The Morgan fingerprint density at radius 2 is 1.96 bits per heavy atom. The minimum Gasteiger partial charge on any atom is -0.445 e. The number of ether oxygens (including phenoxy) is 1. The van der Waals surface area contributed by atoms with Gasteiger partial charge in [-0.1, -0.05) is 43.2 Å². The summed E-state index contributed by atoms with van der Waals surface area (Å²) in [4.78, 5) is 22.9. The fourth-order valence-electron chi connectivity index (χ4n) is 3.46. The van der Waals surface area contributed by atoms with Gasteiger partial charge in [-0.3, -0.25) is 0 Å². The van der Waals surface area contributed by atoms with E-state index in [-0.39, 0.29) is 18.7 Å². The maximum Gasteiger partial charge on any atom is 0.407 e. The first kappa shape index (κ1) is 19.9. The number of aromatic nitrogens is 2. The summed E-state index contributed by atoms with van der Waals surface area (Å²) >= 11 is 0. The van der Waals surface area contributed by atoms with Crippen LogP contribution in [0.5, 0.6) is 0 Å². The molecule has 1 amide bonds. The van der Waals surface area contributed by atoms with Gasteiger partial charge in [0.25, 0.3) is 0 Å². The first-order chi connectivity index (χ1) is 13.6. The molecule has 0 radical (unpaired) electrons. The summed E-state index contributed by atoms with van der Waals surface area (Å²) in [6.45, 7) is 0.864. The molecule has 1 aliphatic carbocycles. The fraction of sp³-hybridized carbons (Fsp3) is 0.476. The Morgan fingerprint density at radius 3 is 2.75 bits per heavy atom. The van der Waals surface area contributed by atoms with Gasteiger partial charge >= 0.3 is 6.09 Å². The normalized spacial score (nSPS) is 18.9. The van der Waals surface area contributed by atoms with E-state index >= 15 is 0 Å². The van der Waals surface area contributed by atoms with Crippen LogP contribution < -0.4 is 15.5 Å². The molecule has 2 atom stereocenters. The van der Waals surface area contributed by atoms with Gasteiger partial charge in [0, 0.05) is 32.9 Å². The third-order valence-corrected chi connectivity index (χ3v) is 5.04. The number of carbonyl (C=O) groups is 1. The number of carbonyl (C=O) groups excluding carboxylic acids is 1. The van der Waals surface area contributed by atoms with Gasteiger partial charge in [-0.15, -0.1) is 0 Å². The molecule has 1 saturated carbocycles. The summed E-state index contributed by atoms with van der Waals surface area (Å²) in [5, 5.41) is 6.38. The molecule has 2 N–H and O–H groups in total. The lowest BCUT2D eigenvalue weighted by atomic mass is 9.84. The Bertz CT molecular complexity index is 753. The van der Waals surface area contributed by atoms with Crippen LogP contribution in [-0.2, 0) is 11.3 Å². The average molecular weight is 383 g/mol. The van der Waals surface area contributed by atoms with Gasteiger partial charge in [0.1, 0.15) is 12.4 Å². The lowest BCUT2D eigenvalue weighted by Gasteiger charge is -2.32. The molecule has 3 rings (SSSR count). The molecule has 0 saturated heterocycles. The van der Waals surface area contributed by atoms with Crippen molar-refractivity contribution in [3.05, 3.63) is 48.2 Å². The van der Waals surface area contributed by atoms with Crippen molar-refractivity contribution >= 4 is 17.9 Å². The van der Waals surface area contributed by atoms with Gasteiger partial charge in [0.15, 0.2) is 0 Å². The van der Waals surface area contributed by atoms with Gasteiger partial charge in [0.05, 0.1) is 0 Å². The molecule has 0 aliphatic heterocycles. The maximum absolute atomic E-state index is 12.1. The lowest BCUT2D eigenvalue weighted by molar-refractivity contribution is 0.136. The molecule has 2 aromatic rings. The van der Waals surface area contributed by atoms with Crippen LogP contribution in [0.2, 0.25) is 0 Å². The Labute approximate surface area is 166 Å². The monoisotopic (exact) mass is 383 g/mol. The number of nitrogens with one attached hydrogen (secondary N) is 2. The van der Waals surface area contributed by atoms with Crippen LogP contribution >= 0.6 is 0 Å². The van der Waals surface area contributed by atoms with Gasteiger partial charge in [-0.05, 0) is 30.4 Å². The summed E-state index contributed by atoms with van der Waals surface area (Å²) < 4.78 is 5.31. The highest BCUT2D eigenvalue weighted by atomic mass is 16.5. The number of amides is 1. The Kier molecular flexibility index (Phi) is 7.06. The molecule has 1 aromatic carbocycles. The quantitative estimate of drug-likeness (QED) is 0.762. The molecule has 150 valence electrons. The summed E-state index contributed by atoms with van der Waals surface area (Å²) in [6, 6.07) is 11.8. The van der Waals surface area contributed by atoms with Gasteiger partial charge in [-0.2, -0.15) is 4.98 Å².